The summed E-state index contributed by atoms with van der Waals surface area (Å²) in [5.74, 6) is -0.0701. The second kappa shape index (κ2) is 8.08. The topological polar surface area (TPSA) is 68.0 Å². The molecule has 0 saturated heterocycles. The molecule has 1 heterocycles. The number of thiocarbonyl (C=S) groups is 1. The smallest absolute Gasteiger partial charge is 0.233 e. The van der Waals surface area contributed by atoms with Gasteiger partial charge in [0.2, 0.25) is 5.91 Å². The first-order valence-electron chi connectivity index (χ1n) is 7.46. The van der Waals surface area contributed by atoms with Crippen molar-refractivity contribution < 1.29 is 4.79 Å². The van der Waals surface area contributed by atoms with Gasteiger partial charge in [-0.25, -0.2) is 0 Å². The van der Waals surface area contributed by atoms with Crippen molar-refractivity contribution in [3.63, 3.8) is 0 Å². The van der Waals surface area contributed by atoms with Gasteiger partial charge < -0.3 is 11.1 Å². The van der Waals surface area contributed by atoms with E-state index < -0.39 is 5.41 Å². The number of carbonyl (C=O) groups excluding carboxylic acids is 1. The molecule has 0 aliphatic carbocycles. The molecule has 116 valence electrons. The van der Waals surface area contributed by atoms with Crippen LogP contribution in [-0.4, -0.2) is 15.9 Å². The molecule has 3 N–H and O–H groups in total. The van der Waals surface area contributed by atoms with Crippen molar-refractivity contribution >= 4 is 23.1 Å². The van der Waals surface area contributed by atoms with Crippen LogP contribution in [0.15, 0.2) is 18.3 Å². The summed E-state index contributed by atoms with van der Waals surface area (Å²) in [7, 11) is 0. The Morgan fingerprint density at radius 2 is 1.95 bits per heavy atom. The number of nitrogens with one attached hydrogen (secondary N) is 1. The van der Waals surface area contributed by atoms with E-state index in [9.17, 15) is 4.79 Å². The van der Waals surface area contributed by atoms with Crippen LogP contribution in [0.4, 0.5) is 0 Å². The molecule has 0 aromatic carbocycles. The van der Waals surface area contributed by atoms with Crippen molar-refractivity contribution in [3.8, 4) is 0 Å². The third kappa shape index (κ3) is 4.49. The Kier molecular flexibility index (Phi) is 6.75. The highest BCUT2D eigenvalue weighted by Crippen LogP contribution is 2.31. The second-order valence-corrected chi connectivity index (χ2v) is 5.88. The lowest BCUT2D eigenvalue weighted by atomic mass is 9.78. The lowest BCUT2D eigenvalue weighted by Crippen LogP contribution is -2.48. The molecule has 0 aliphatic rings. The van der Waals surface area contributed by atoms with E-state index >= 15 is 0 Å². The fourth-order valence-electron chi connectivity index (χ4n) is 2.52. The molecule has 0 aliphatic heterocycles. The van der Waals surface area contributed by atoms with Gasteiger partial charge in [0.05, 0.1) is 10.4 Å². The minimum atomic E-state index is -0.725. The van der Waals surface area contributed by atoms with Crippen molar-refractivity contribution in [2.45, 2.75) is 53.0 Å². The molecule has 0 bridgehead atoms. The molecule has 1 aromatic rings. The average molecular weight is 307 g/mol. The minimum absolute atomic E-state index is 0.0701. The molecule has 0 atom stereocenters. The fourth-order valence-corrected chi connectivity index (χ4v) is 2.82. The third-order valence-electron chi connectivity index (χ3n) is 3.69. The van der Waals surface area contributed by atoms with Crippen molar-refractivity contribution in [1.82, 2.24) is 10.3 Å². The van der Waals surface area contributed by atoms with Crippen LogP contribution >= 0.6 is 12.2 Å². The summed E-state index contributed by atoms with van der Waals surface area (Å²) in [6.45, 7) is 6.46. The number of hydrogen-bond acceptors (Lipinski definition) is 3. The second-order valence-electron chi connectivity index (χ2n) is 5.44. The van der Waals surface area contributed by atoms with E-state index in [1.807, 2.05) is 32.9 Å². The van der Waals surface area contributed by atoms with Crippen molar-refractivity contribution in [3.05, 3.63) is 29.6 Å². The molecule has 0 fully saturated rings. The molecule has 5 heteroatoms. The van der Waals surface area contributed by atoms with Gasteiger partial charge in [-0.2, -0.15) is 0 Å². The molecule has 1 amide bonds. The summed E-state index contributed by atoms with van der Waals surface area (Å²) >= 11 is 5.19. The zero-order valence-electron chi connectivity index (χ0n) is 13.1. The summed E-state index contributed by atoms with van der Waals surface area (Å²) in [5.41, 5.74) is 7.10. The van der Waals surface area contributed by atoms with Crippen LogP contribution < -0.4 is 11.1 Å². The summed E-state index contributed by atoms with van der Waals surface area (Å²) in [6.07, 6.45) is 4.90. The normalized spacial score (nSPS) is 11.2. The number of aryl methyl sites for hydroxylation is 1. The number of aromatic nitrogens is 1. The number of nitrogens with two attached hydrogens (primary N) is 1. The molecule has 0 saturated carbocycles. The monoisotopic (exact) mass is 307 g/mol. The molecule has 0 unspecified atom stereocenters. The first-order chi connectivity index (χ1) is 9.96. The number of rotatable bonds is 8. The predicted molar refractivity (Wildman–Crippen MR) is 89.9 cm³/mol. The number of hydrogen-bond donors (Lipinski definition) is 2. The molecule has 0 spiro atoms. The largest absolute Gasteiger partial charge is 0.392 e. The van der Waals surface area contributed by atoms with E-state index in [4.69, 9.17) is 18.0 Å². The standard InChI is InChI=1S/C16H25N3OS/c1-4-8-16(9-5-2,14(17)21)15(20)19-11-13-7-6-12(3)18-10-13/h6-7,10H,4-5,8-9,11H2,1-3H3,(H2,17,21)(H,19,20). The van der Waals surface area contributed by atoms with Gasteiger partial charge in [0, 0.05) is 18.4 Å². The van der Waals surface area contributed by atoms with Gasteiger partial charge in [-0.15, -0.1) is 0 Å². The van der Waals surface area contributed by atoms with Crippen LogP contribution in [0.25, 0.3) is 0 Å². The summed E-state index contributed by atoms with van der Waals surface area (Å²) in [4.78, 5) is 17.1. The van der Waals surface area contributed by atoms with Crippen molar-refractivity contribution in [1.29, 1.82) is 0 Å². The third-order valence-corrected chi connectivity index (χ3v) is 4.08. The SMILES string of the molecule is CCCC(CCC)(C(=O)NCc1ccc(C)nc1)C(N)=S. The first kappa shape index (κ1) is 17.6. The van der Waals surface area contributed by atoms with Gasteiger partial charge >= 0.3 is 0 Å². The highest BCUT2D eigenvalue weighted by molar-refractivity contribution is 7.80. The average Bonchev–Trinajstić information content (AvgIpc) is 2.45. The highest BCUT2D eigenvalue weighted by atomic mass is 32.1. The summed E-state index contributed by atoms with van der Waals surface area (Å²) in [5, 5.41) is 2.96. The summed E-state index contributed by atoms with van der Waals surface area (Å²) < 4.78 is 0. The maximum Gasteiger partial charge on any atom is 0.233 e. The Balaban J connectivity index is 2.80. The van der Waals surface area contributed by atoms with E-state index in [1.165, 1.54) is 0 Å². The molecule has 1 aromatic heterocycles. The lowest BCUT2D eigenvalue weighted by Gasteiger charge is -2.31. The van der Waals surface area contributed by atoms with Gasteiger partial charge in [-0.3, -0.25) is 9.78 Å². The molecule has 1 rings (SSSR count). The Morgan fingerprint density at radius 1 is 1.33 bits per heavy atom. The van der Waals surface area contributed by atoms with E-state index in [0.717, 1.165) is 24.1 Å². The Morgan fingerprint density at radius 3 is 2.38 bits per heavy atom. The van der Waals surface area contributed by atoms with E-state index in [2.05, 4.69) is 10.3 Å². The van der Waals surface area contributed by atoms with Gasteiger partial charge in [0.25, 0.3) is 0 Å². The number of amides is 1. The molecular formula is C16H25N3OS. The van der Waals surface area contributed by atoms with Crippen LogP contribution in [0.1, 0.15) is 50.8 Å². The van der Waals surface area contributed by atoms with Crippen LogP contribution in [0.2, 0.25) is 0 Å². The van der Waals surface area contributed by atoms with E-state index in [1.54, 1.807) is 6.20 Å². The van der Waals surface area contributed by atoms with Crippen LogP contribution in [0, 0.1) is 12.3 Å². The Hall–Kier alpha value is -1.49. The van der Waals surface area contributed by atoms with E-state index in [0.29, 0.717) is 24.4 Å². The Labute approximate surface area is 132 Å². The predicted octanol–water partition coefficient (Wildman–Crippen LogP) is 2.88. The first-order valence-corrected chi connectivity index (χ1v) is 7.86. The van der Waals surface area contributed by atoms with E-state index in [-0.39, 0.29) is 5.91 Å². The number of nitrogens with zero attached hydrogens (tertiary/aromatic N) is 1. The minimum Gasteiger partial charge on any atom is -0.392 e. The Bertz CT molecular complexity index is 479. The summed E-state index contributed by atoms with van der Waals surface area (Å²) in [6, 6.07) is 3.89. The van der Waals surface area contributed by atoms with Crippen molar-refractivity contribution in [2.24, 2.45) is 11.1 Å². The van der Waals surface area contributed by atoms with Gasteiger partial charge in [0.1, 0.15) is 0 Å². The molecule has 0 radical (unpaired) electrons. The fraction of sp³-hybridized carbons (Fsp3) is 0.562. The quantitative estimate of drug-likeness (QED) is 0.725. The zero-order chi connectivity index (χ0) is 15.9. The lowest BCUT2D eigenvalue weighted by molar-refractivity contribution is -0.128. The van der Waals surface area contributed by atoms with Gasteiger partial charge in [0.15, 0.2) is 0 Å². The van der Waals surface area contributed by atoms with Crippen LogP contribution in [0.5, 0.6) is 0 Å². The van der Waals surface area contributed by atoms with Crippen molar-refractivity contribution in [2.75, 3.05) is 0 Å². The molecular weight excluding hydrogens is 282 g/mol. The maximum absolute atomic E-state index is 12.6. The maximum atomic E-state index is 12.6. The zero-order valence-corrected chi connectivity index (χ0v) is 13.9. The molecule has 4 nitrogen and oxygen atoms in total. The van der Waals surface area contributed by atoms with Crippen LogP contribution in [0.3, 0.4) is 0 Å². The number of pyridine rings is 1. The van der Waals surface area contributed by atoms with Gasteiger partial charge in [-0.05, 0) is 31.4 Å². The molecule has 21 heavy (non-hydrogen) atoms. The van der Waals surface area contributed by atoms with Crippen LogP contribution in [-0.2, 0) is 11.3 Å². The highest BCUT2D eigenvalue weighted by Gasteiger charge is 2.39. The van der Waals surface area contributed by atoms with Gasteiger partial charge in [-0.1, -0.05) is 45.0 Å². The number of carbonyl (C=O) groups is 1.